The van der Waals surface area contributed by atoms with Crippen LogP contribution in [0.2, 0.25) is 0 Å². The maximum absolute atomic E-state index is 11.8. The zero-order chi connectivity index (χ0) is 15.7. The molecule has 6 heteroatoms. The van der Waals surface area contributed by atoms with E-state index >= 15 is 0 Å². The molecule has 0 radical (unpaired) electrons. The first-order valence-electron chi connectivity index (χ1n) is 6.32. The third-order valence-electron chi connectivity index (χ3n) is 3.35. The van der Waals surface area contributed by atoms with Crippen LogP contribution in [0.15, 0.2) is 18.2 Å². The van der Waals surface area contributed by atoms with Crippen molar-refractivity contribution in [2.75, 3.05) is 7.11 Å². The van der Waals surface area contributed by atoms with Crippen molar-refractivity contribution in [3.8, 4) is 11.3 Å². The normalized spacial score (nSPS) is 10.5. The molecule has 0 atom stereocenters. The van der Waals surface area contributed by atoms with E-state index in [0.29, 0.717) is 11.3 Å². The van der Waals surface area contributed by atoms with Crippen LogP contribution in [0, 0.1) is 13.8 Å². The van der Waals surface area contributed by atoms with Crippen LogP contribution in [0.1, 0.15) is 32.0 Å². The quantitative estimate of drug-likeness (QED) is 0.875. The van der Waals surface area contributed by atoms with Crippen LogP contribution in [0.5, 0.6) is 0 Å². The molecule has 0 unspecified atom stereocenters. The highest BCUT2D eigenvalue weighted by Crippen LogP contribution is 2.27. The van der Waals surface area contributed by atoms with E-state index in [9.17, 15) is 9.59 Å². The minimum atomic E-state index is -1.09. The van der Waals surface area contributed by atoms with E-state index in [1.807, 2.05) is 19.9 Å². The van der Waals surface area contributed by atoms with Gasteiger partial charge in [-0.1, -0.05) is 6.07 Å². The molecule has 0 fully saturated rings. The smallest absolute Gasteiger partial charge is 0.356 e. The number of rotatable bonds is 3. The van der Waals surface area contributed by atoms with Crippen LogP contribution >= 0.6 is 0 Å². The standard InChI is InChI=1S/C15H16N2O4/c1-8-5-9(2)11(15(20)21-4)6-10(8)13-7-12(14(18)19)16-17(13)3/h5-7H,1-4H3,(H,18,19). The van der Waals surface area contributed by atoms with Gasteiger partial charge in [0.1, 0.15) is 0 Å². The topological polar surface area (TPSA) is 81.4 Å². The number of carbonyl (C=O) groups excluding carboxylic acids is 1. The molecule has 1 heterocycles. The highest BCUT2D eigenvalue weighted by atomic mass is 16.5. The Bertz CT molecular complexity index is 732. The first-order valence-corrected chi connectivity index (χ1v) is 6.32. The minimum absolute atomic E-state index is 0.0351. The number of aromatic nitrogens is 2. The molecule has 0 amide bonds. The van der Waals surface area contributed by atoms with Crippen LogP contribution in [0.3, 0.4) is 0 Å². The number of hydrogen-bond donors (Lipinski definition) is 1. The second-order valence-corrected chi connectivity index (χ2v) is 4.82. The molecule has 0 saturated heterocycles. The Morgan fingerprint density at radius 2 is 1.86 bits per heavy atom. The Kier molecular flexibility index (Phi) is 3.80. The summed E-state index contributed by atoms with van der Waals surface area (Å²) in [5.41, 5.74) is 3.55. The lowest BCUT2D eigenvalue weighted by molar-refractivity contribution is 0.0599. The molecule has 21 heavy (non-hydrogen) atoms. The molecule has 2 aromatic rings. The van der Waals surface area contributed by atoms with E-state index in [2.05, 4.69) is 5.10 Å². The number of nitrogens with zero attached hydrogens (tertiary/aromatic N) is 2. The van der Waals surface area contributed by atoms with Crippen molar-refractivity contribution in [3.63, 3.8) is 0 Å². The summed E-state index contributed by atoms with van der Waals surface area (Å²) in [6, 6.07) is 5.06. The van der Waals surface area contributed by atoms with Crippen LogP contribution < -0.4 is 0 Å². The van der Waals surface area contributed by atoms with E-state index < -0.39 is 11.9 Å². The fraction of sp³-hybridized carbons (Fsp3) is 0.267. The number of carboxylic acids is 1. The lowest BCUT2D eigenvalue weighted by Gasteiger charge is -2.11. The first kappa shape index (κ1) is 14.8. The molecule has 0 spiro atoms. The van der Waals surface area contributed by atoms with Gasteiger partial charge in [-0.3, -0.25) is 4.68 Å². The SMILES string of the molecule is COC(=O)c1cc(-c2cc(C(=O)O)nn2C)c(C)cc1C. The maximum Gasteiger partial charge on any atom is 0.356 e. The maximum atomic E-state index is 11.8. The largest absolute Gasteiger partial charge is 0.476 e. The number of ether oxygens (including phenoxy) is 1. The Labute approximate surface area is 122 Å². The van der Waals surface area contributed by atoms with Gasteiger partial charge < -0.3 is 9.84 Å². The molecule has 0 aliphatic carbocycles. The van der Waals surface area contributed by atoms with Gasteiger partial charge in [0.2, 0.25) is 0 Å². The van der Waals surface area contributed by atoms with Gasteiger partial charge in [0.05, 0.1) is 18.4 Å². The second kappa shape index (κ2) is 5.40. The Hall–Kier alpha value is -2.63. The number of aromatic carboxylic acids is 1. The van der Waals surface area contributed by atoms with Crippen LogP contribution in [0.4, 0.5) is 0 Å². The van der Waals surface area contributed by atoms with Crippen molar-refractivity contribution < 1.29 is 19.4 Å². The molecule has 2 rings (SSSR count). The molecule has 0 saturated carbocycles. The fourth-order valence-electron chi connectivity index (χ4n) is 2.28. The van der Waals surface area contributed by atoms with Gasteiger partial charge in [-0.2, -0.15) is 5.10 Å². The third-order valence-corrected chi connectivity index (χ3v) is 3.35. The summed E-state index contributed by atoms with van der Waals surface area (Å²) in [4.78, 5) is 22.8. The van der Waals surface area contributed by atoms with Crippen molar-refractivity contribution >= 4 is 11.9 Å². The highest BCUT2D eigenvalue weighted by Gasteiger charge is 2.17. The summed E-state index contributed by atoms with van der Waals surface area (Å²) in [6.07, 6.45) is 0. The van der Waals surface area contributed by atoms with Gasteiger partial charge in [-0.15, -0.1) is 0 Å². The Morgan fingerprint density at radius 1 is 1.19 bits per heavy atom. The lowest BCUT2D eigenvalue weighted by atomic mass is 9.97. The third kappa shape index (κ3) is 2.65. The Balaban J connectivity index is 2.63. The van der Waals surface area contributed by atoms with E-state index in [-0.39, 0.29) is 5.69 Å². The number of hydrogen-bond acceptors (Lipinski definition) is 4. The number of carboxylic acid groups (broad SMARTS) is 1. The van der Waals surface area contributed by atoms with Gasteiger partial charge in [0, 0.05) is 12.6 Å². The summed E-state index contributed by atoms with van der Waals surface area (Å²) in [5, 5.41) is 13.0. The van der Waals surface area contributed by atoms with E-state index in [1.54, 1.807) is 13.1 Å². The zero-order valence-corrected chi connectivity index (χ0v) is 12.3. The van der Waals surface area contributed by atoms with E-state index in [4.69, 9.17) is 9.84 Å². The van der Waals surface area contributed by atoms with Crippen LogP contribution in [0.25, 0.3) is 11.3 Å². The molecule has 0 aliphatic heterocycles. The van der Waals surface area contributed by atoms with Crippen molar-refractivity contribution in [3.05, 3.63) is 40.6 Å². The fourth-order valence-corrected chi connectivity index (χ4v) is 2.28. The molecule has 0 bridgehead atoms. The number of carbonyl (C=O) groups is 2. The summed E-state index contributed by atoms with van der Waals surface area (Å²) in [5.74, 6) is -1.51. The molecule has 110 valence electrons. The van der Waals surface area contributed by atoms with Crippen LogP contribution in [-0.4, -0.2) is 33.9 Å². The number of methoxy groups -OCH3 is 1. The van der Waals surface area contributed by atoms with Gasteiger partial charge in [0.15, 0.2) is 5.69 Å². The summed E-state index contributed by atoms with van der Waals surface area (Å²) >= 11 is 0. The molecule has 6 nitrogen and oxygen atoms in total. The van der Waals surface area contributed by atoms with Gasteiger partial charge >= 0.3 is 11.9 Å². The minimum Gasteiger partial charge on any atom is -0.476 e. The molecule has 1 aromatic carbocycles. The predicted octanol–water partition coefficient (Wildman–Crippen LogP) is 2.19. The van der Waals surface area contributed by atoms with Gasteiger partial charge in [-0.25, -0.2) is 9.59 Å². The zero-order valence-electron chi connectivity index (χ0n) is 12.3. The lowest BCUT2D eigenvalue weighted by Crippen LogP contribution is -2.05. The predicted molar refractivity (Wildman–Crippen MR) is 76.4 cm³/mol. The first-order chi connectivity index (χ1) is 9.85. The molecular weight excluding hydrogens is 272 g/mol. The molecular formula is C15H16N2O4. The highest BCUT2D eigenvalue weighted by molar-refractivity contribution is 5.93. The van der Waals surface area contributed by atoms with Gasteiger partial charge in [-0.05, 0) is 37.1 Å². The number of aryl methyl sites for hydroxylation is 3. The second-order valence-electron chi connectivity index (χ2n) is 4.82. The number of esters is 1. The summed E-state index contributed by atoms with van der Waals surface area (Å²) < 4.78 is 6.25. The van der Waals surface area contributed by atoms with Crippen LogP contribution in [-0.2, 0) is 11.8 Å². The van der Waals surface area contributed by atoms with Crippen molar-refractivity contribution in [1.82, 2.24) is 9.78 Å². The van der Waals surface area contributed by atoms with E-state index in [1.165, 1.54) is 17.9 Å². The monoisotopic (exact) mass is 288 g/mol. The van der Waals surface area contributed by atoms with E-state index in [0.717, 1.165) is 16.7 Å². The average Bonchev–Trinajstić information content (AvgIpc) is 2.80. The van der Waals surface area contributed by atoms with Gasteiger partial charge in [0.25, 0.3) is 0 Å². The van der Waals surface area contributed by atoms with Crippen molar-refractivity contribution in [2.24, 2.45) is 7.05 Å². The average molecular weight is 288 g/mol. The van der Waals surface area contributed by atoms with Crippen molar-refractivity contribution in [2.45, 2.75) is 13.8 Å². The molecule has 1 aromatic heterocycles. The number of benzene rings is 1. The summed E-state index contributed by atoms with van der Waals surface area (Å²) in [6.45, 7) is 3.73. The summed E-state index contributed by atoms with van der Waals surface area (Å²) in [7, 11) is 2.99. The molecule has 0 aliphatic rings. The Morgan fingerprint density at radius 3 is 2.38 bits per heavy atom. The van der Waals surface area contributed by atoms with Crippen molar-refractivity contribution in [1.29, 1.82) is 0 Å². The molecule has 1 N–H and O–H groups in total.